The number of hydrogen-bond acceptors (Lipinski definition) is 5. The number of rotatable bonds is 5. The first-order valence-corrected chi connectivity index (χ1v) is 7.35. The molecule has 23 heavy (non-hydrogen) atoms. The van der Waals surface area contributed by atoms with Gasteiger partial charge in [0.2, 0.25) is 0 Å². The molecule has 0 aliphatic rings. The summed E-state index contributed by atoms with van der Waals surface area (Å²) in [4.78, 5) is 12.0. The number of aromatic amines is 1. The Morgan fingerprint density at radius 2 is 2.00 bits per heavy atom. The molecule has 0 unspecified atom stereocenters. The molecule has 1 heterocycles. The molecular weight excluding hydrogens is 296 g/mol. The van der Waals surface area contributed by atoms with Crippen LogP contribution in [0.5, 0.6) is 5.75 Å². The summed E-state index contributed by atoms with van der Waals surface area (Å²) in [6.07, 6.45) is 1.04. The summed E-state index contributed by atoms with van der Waals surface area (Å²) in [5, 5.41) is 13.1. The number of methoxy groups -OCH3 is 1. The Morgan fingerprint density at radius 3 is 2.52 bits per heavy atom. The molecule has 7 heteroatoms. The van der Waals surface area contributed by atoms with Gasteiger partial charge in [0, 0.05) is 12.0 Å². The number of hydrogen-bond donors (Lipinski definition) is 2. The zero-order valence-corrected chi connectivity index (χ0v) is 13.8. The third kappa shape index (κ3) is 5.28. The summed E-state index contributed by atoms with van der Waals surface area (Å²) in [7, 11) is 1.62. The predicted molar refractivity (Wildman–Crippen MR) is 85.2 cm³/mol. The molecule has 2 N–H and O–H groups in total. The van der Waals surface area contributed by atoms with Crippen molar-refractivity contribution in [2.75, 3.05) is 7.11 Å². The average Bonchev–Trinajstić information content (AvgIpc) is 2.99. The van der Waals surface area contributed by atoms with Crippen LogP contribution < -0.4 is 10.1 Å². The number of H-pyrrole nitrogens is 1. The molecule has 0 saturated heterocycles. The van der Waals surface area contributed by atoms with Crippen LogP contribution in [0.4, 0.5) is 4.79 Å². The van der Waals surface area contributed by atoms with Crippen molar-refractivity contribution in [3.63, 3.8) is 0 Å². The zero-order chi connectivity index (χ0) is 16.9. The van der Waals surface area contributed by atoms with Gasteiger partial charge in [-0.1, -0.05) is 12.1 Å². The zero-order valence-electron chi connectivity index (χ0n) is 13.8. The number of nitrogens with zero attached hydrogens (tertiary/aromatic N) is 2. The maximum atomic E-state index is 12.0. The molecule has 1 atom stereocenters. The van der Waals surface area contributed by atoms with Gasteiger partial charge >= 0.3 is 6.09 Å². The molecule has 0 fully saturated rings. The maximum absolute atomic E-state index is 12.0. The van der Waals surface area contributed by atoms with Crippen LogP contribution in [0.3, 0.4) is 0 Å². The van der Waals surface area contributed by atoms with E-state index in [-0.39, 0.29) is 5.54 Å². The van der Waals surface area contributed by atoms with Crippen LogP contribution in [0.25, 0.3) is 0 Å². The fraction of sp³-hybridized carbons (Fsp3) is 0.438. The third-order valence-corrected chi connectivity index (χ3v) is 3.07. The summed E-state index contributed by atoms with van der Waals surface area (Å²) in [5.74, 6) is 0.776. The molecule has 0 aliphatic heterocycles. The van der Waals surface area contributed by atoms with Crippen molar-refractivity contribution in [3.05, 3.63) is 41.7 Å². The van der Waals surface area contributed by atoms with Gasteiger partial charge in [0.15, 0.2) is 6.10 Å². The molecular formula is C16H22N4O3. The number of amides is 1. The molecule has 0 radical (unpaired) electrons. The van der Waals surface area contributed by atoms with E-state index in [1.54, 1.807) is 13.3 Å². The van der Waals surface area contributed by atoms with E-state index in [1.165, 1.54) is 0 Å². The lowest BCUT2D eigenvalue weighted by Gasteiger charge is -2.23. The molecule has 7 nitrogen and oxygen atoms in total. The summed E-state index contributed by atoms with van der Waals surface area (Å²) in [5.41, 5.74) is 1.21. The summed E-state index contributed by atoms with van der Waals surface area (Å²) in [6.45, 7) is 5.68. The Kier molecular flexibility index (Phi) is 5.20. The molecule has 1 aromatic heterocycles. The summed E-state index contributed by atoms with van der Waals surface area (Å²) < 4.78 is 10.7. The Bertz CT molecular complexity index is 618. The highest BCUT2D eigenvalue weighted by molar-refractivity contribution is 5.68. The van der Waals surface area contributed by atoms with Crippen molar-refractivity contribution < 1.29 is 14.3 Å². The van der Waals surface area contributed by atoms with Gasteiger partial charge in [-0.2, -0.15) is 15.4 Å². The molecule has 0 bridgehead atoms. The SMILES string of the molecule is COc1ccc(C[C@H](OC(=O)NC(C)(C)C)c2cn[nH]n2)cc1. The number of benzene rings is 1. The van der Waals surface area contributed by atoms with Crippen LogP contribution in [-0.4, -0.2) is 34.2 Å². The largest absolute Gasteiger partial charge is 0.497 e. The molecule has 0 aliphatic carbocycles. The van der Waals surface area contributed by atoms with Gasteiger partial charge in [-0.05, 0) is 38.5 Å². The van der Waals surface area contributed by atoms with Crippen LogP contribution in [0.1, 0.15) is 38.1 Å². The number of carbonyl (C=O) groups is 1. The molecule has 0 spiro atoms. The molecule has 2 rings (SSSR count). The fourth-order valence-corrected chi connectivity index (χ4v) is 2.01. The first kappa shape index (κ1) is 16.8. The van der Waals surface area contributed by atoms with Crippen LogP contribution >= 0.6 is 0 Å². The van der Waals surface area contributed by atoms with Crippen molar-refractivity contribution in [2.24, 2.45) is 0 Å². The Hall–Kier alpha value is -2.57. The second-order valence-electron chi connectivity index (χ2n) is 6.22. The standard InChI is InChI=1S/C16H22N4O3/c1-16(2,3)18-15(21)23-14(13-10-17-20-19-13)9-11-5-7-12(22-4)8-6-11/h5-8,10,14H,9H2,1-4H3,(H,18,21)(H,17,19,20)/t14-/m0/s1. The fourth-order valence-electron chi connectivity index (χ4n) is 2.01. The van der Waals surface area contributed by atoms with E-state index >= 15 is 0 Å². The van der Waals surface area contributed by atoms with Gasteiger partial charge in [0.1, 0.15) is 11.4 Å². The van der Waals surface area contributed by atoms with Gasteiger partial charge in [-0.3, -0.25) is 0 Å². The molecule has 1 amide bonds. The van der Waals surface area contributed by atoms with E-state index in [4.69, 9.17) is 9.47 Å². The first-order valence-electron chi connectivity index (χ1n) is 7.35. The van der Waals surface area contributed by atoms with Gasteiger partial charge < -0.3 is 14.8 Å². The van der Waals surface area contributed by atoms with Crippen LogP contribution in [0, 0.1) is 0 Å². The minimum Gasteiger partial charge on any atom is -0.497 e. The highest BCUT2D eigenvalue weighted by Gasteiger charge is 2.22. The minimum absolute atomic E-state index is 0.369. The second-order valence-corrected chi connectivity index (χ2v) is 6.22. The Morgan fingerprint density at radius 1 is 1.30 bits per heavy atom. The Balaban J connectivity index is 2.10. The van der Waals surface area contributed by atoms with E-state index in [0.717, 1.165) is 11.3 Å². The highest BCUT2D eigenvalue weighted by atomic mass is 16.6. The van der Waals surface area contributed by atoms with Gasteiger partial charge in [0.05, 0.1) is 13.3 Å². The van der Waals surface area contributed by atoms with Crippen molar-refractivity contribution in [3.8, 4) is 5.75 Å². The number of alkyl carbamates (subject to hydrolysis) is 1. The van der Waals surface area contributed by atoms with Crippen molar-refractivity contribution >= 4 is 6.09 Å². The van der Waals surface area contributed by atoms with Crippen molar-refractivity contribution in [1.29, 1.82) is 0 Å². The molecule has 124 valence electrons. The number of nitrogens with one attached hydrogen (secondary N) is 2. The average molecular weight is 318 g/mol. The lowest BCUT2D eigenvalue weighted by Crippen LogP contribution is -2.41. The van der Waals surface area contributed by atoms with Crippen molar-refractivity contribution in [2.45, 2.75) is 38.8 Å². The minimum atomic E-state index is -0.524. The first-order chi connectivity index (χ1) is 10.9. The Labute approximate surface area is 135 Å². The molecule has 1 aromatic carbocycles. The van der Waals surface area contributed by atoms with Crippen LogP contribution in [0.2, 0.25) is 0 Å². The third-order valence-electron chi connectivity index (χ3n) is 3.07. The number of aromatic nitrogens is 3. The van der Waals surface area contributed by atoms with Gasteiger partial charge in [-0.15, -0.1) is 0 Å². The quantitative estimate of drug-likeness (QED) is 0.884. The van der Waals surface area contributed by atoms with Crippen LogP contribution in [-0.2, 0) is 11.2 Å². The maximum Gasteiger partial charge on any atom is 0.408 e. The molecule has 0 saturated carbocycles. The van der Waals surface area contributed by atoms with E-state index in [9.17, 15) is 4.79 Å². The number of carbonyl (C=O) groups excluding carboxylic acids is 1. The summed E-state index contributed by atoms with van der Waals surface area (Å²) >= 11 is 0. The van der Waals surface area contributed by atoms with E-state index < -0.39 is 12.2 Å². The van der Waals surface area contributed by atoms with E-state index in [1.807, 2.05) is 45.0 Å². The highest BCUT2D eigenvalue weighted by Crippen LogP contribution is 2.22. The number of ether oxygens (including phenoxy) is 2. The smallest absolute Gasteiger partial charge is 0.408 e. The van der Waals surface area contributed by atoms with E-state index in [2.05, 4.69) is 20.7 Å². The van der Waals surface area contributed by atoms with Gasteiger partial charge in [0.25, 0.3) is 0 Å². The lowest BCUT2D eigenvalue weighted by atomic mass is 10.1. The monoisotopic (exact) mass is 318 g/mol. The van der Waals surface area contributed by atoms with Crippen molar-refractivity contribution in [1.82, 2.24) is 20.7 Å². The lowest BCUT2D eigenvalue weighted by molar-refractivity contribution is 0.0888. The summed E-state index contributed by atoms with van der Waals surface area (Å²) in [6, 6.07) is 7.59. The van der Waals surface area contributed by atoms with Gasteiger partial charge in [-0.25, -0.2) is 4.79 Å². The van der Waals surface area contributed by atoms with Crippen LogP contribution in [0.15, 0.2) is 30.5 Å². The molecule has 2 aromatic rings. The normalized spacial score (nSPS) is 12.5. The predicted octanol–water partition coefficient (Wildman–Crippen LogP) is 2.62. The second kappa shape index (κ2) is 7.13. The van der Waals surface area contributed by atoms with E-state index in [0.29, 0.717) is 12.1 Å². The topological polar surface area (TPSA) is 89.1 Å².